The Morgan fingerprint density at radius 1 is 0.746 bits per heavy atom. The minimum Gasteiger partial charge on any atom is -0.490 e. The van der Waals surface area contributed by atoms with E-state index in [1.54, 1.807) is 53.5 Å². The van der Waals surface area contributed by atoms with Gasteiger partial charge >= 0.3 is 6.03 Å². The van der Waals surface area contributed by atoms with Gasteiger partial charge in [-0.1, -0.05) is 48.5 Å². The third-order valence-corrected chi connectivity index (χ3v) is 9.57. The number of H-pyrrole nitrogens is 1. The van der Waals surface area contributed by atoms with Gasteiger partial charge in [-0.2, -0.15) is 5.10 Å². The number of hydrogen-bond donors (Lipinski definition) is 4. The Kier molecular flexibility index (Phi) is 13.7. The number of amides is 3. The van der Waals surface area contributed by atoms with Gasteiger partial charge in [0, 0.05) is 47.6 Å². The van der Waals surface area contributed by atoms with Crippen LogP contribution in [0.2, 0.25) is 0 Å². The highest BCUT2D eigenvalue weighted by atomic mass is 79.9. The highest BCUT2D eigenvalue weighted by molar-refractivity contribution is 9.10. The number of fused-ring (bicyclic) bond motifs is 2. The average Bonchev–Trinajstić information content (AvgIpc) is 3.86. The number of hydrogen-bond acceptors (Lipinski definition) is 10. The van der Waals surface area contributed by atoms with Gasteiger partial charge in [-0.05, 0) is 64.0 Å². The summed E-state index contributed by atoms with van der Waals surface area (Å²) >= 11 is 3.50. The monoisotopic (exact) mass is 860 g/mol. The second kappa shape index (κ2) is 19.8. The molecule has 3 heterocycles. The summed E-state index contributed by atoms with van der Waals surface area (Å²) in [6.07, 6.45) is 5.28. The number of aromatic nitrogens is 5. The number of nitrogens with zero attached hydrogens (tertiary/aromatic N) is 4. The van der Waals surface area contributed by atoms with E-state index in [4.69, 9.17) is 18.9 Å². The standard InChI is InChI=1S/C43H41BrN8O7/c1-52-27-29(25-47-52)37-26-46-35-13-11-31(24-36(35)50-37)49-43(55)48-30-12-14-38(33(44)23-30)59-22-21-58-20-19-57-18-17-56-16-15-45-42(54)41(53)39-32-9-5-6-10-34(32)51-40(39)28-7-3-2-4-8-28/h2-14,23-27,51H,15-22H2,1H3,(H,45,54)(H2,48,49,55). The number of para-hydroxylation sites is 1. The van der Waals surface area contributed by atoms with Gasteiger partial charge in [0.05, 0.1) is 84.5 Å². The summed E-state index contributed by atoms with van der Waals surface area (Å²) in [6.45, 7) is 2.47. The summed E-state index contributed by atoms with van der Waals surface area (Å²) in [5.41, 5.74) is 6.58. The van der Waals surface area contributed by atoms with Crippen LogP contribution in [-0.4, -0.2) is 95.2 Å². The first-order valence-corrected chi connectivity index (χ1v) is 19.6. The molecule has 0 radical (unpaired) electrons. The number of urea groups is 1. The number of carbonyl (C=O) groups excluding carboxylic acids is 3. The molecule has 0 aliphatic carbocycles. The van der Waals surface area contributed by atoms with Crippen LogP contribution in [0.15, 0.2) is 114 Å². The van der Waals surface area contributed by atoms with E-state index in [9.17, 15) is 14.4 Å². The Hall–Kier alpha value is -6.46. The van der Waals surface area contributed by atoms with Crippen molar-refractivity contribution in [3.05, 3.63) is 120 Å². The van der Waals surface area contributed by atoms with Crippen molar-refractivity contribution in [1.82, 2.24) is 30.0 Å². The van der Waals surface area contributed by atoms with Crippen LogP contribution in [0, 0.1) is 0 Å². The molecule has 0 atom stereocenters. The van der Waals surface area contributed by atoms with E-state index in [0.717, 1.165) is 16.6 Å². The maximum atomic E-state index is 13.3. The number of anilines is 2. The summed E-state index contributed by atoms with van der Waals surface area (Å²) in [5.74, 6) is -0.705. The molecule has 0 fully saturated rings. The summed E-state index contributed by atoms with van der Waals surface area (Å²) in [6, 6.07) is 27.0. The number of aryl methyl sites for hydroxylation is 1. The largest absolute Gasteiger partial charge is 0.490 e. The van der Waals surface area contributed by atoms with Gasteiger partial charge in [-0.25, -0.2) is 9.78 Å². The third-order valence-electron chi connectivity index (χ3n) is 8.95. The molecule has 7 rings (SSSR count). The molecule has 0 saturated carbocycles. The zero-order valence-corrected chi connectivity index (χ0v) is 33.7. The number of benzene rings is 4. The molecule has 0 bridgehead atoms. The van der Waals surface area contributed by atoms with Gasteiger partial charge in [-0.15, -0.1) is 0 Å². The first-order valence-electron chi connectivity index (χ1n) is 18.8. The van der Waals surface area contributed by atoms with Gasteiger partial charge in [0.2, 0.25) is 0 Å². The van der Waals surface area contributed by atoms with Crippen LogP contribution in [0.25, 0.3) is 44.5 Å². The molecule has 3 aromatic heterocycles. The maximum Gasteiger partial charge on any atom is 0.323 e. The van der Waals surface area contributed by atoms with E-state index >= 15 is 0 Å². The molecule has 59 heavy (non-hydrogen) atoms. The van der Waals surface area contributed by atoms with Crippen molar-refractivity contribution in [2.45, 2.75) is 0 Å². The van der Waals surface area contributed by atoms with E-state index in [0.29, 0.717) is 94.6 Å². The van der Waals surface area contributed by atoms with Crippen LogP contribution >= 0.6 is 15.9 Å². The van der Waals surface area contributed by atoms with Crippen molar-refractivity contribution in [1.29, 1.82) is 0 Å². The van der Waals surface area contributed by atoms with Crippen LogP contribution in [0.1, 0.15) is 10.4 Å². The number of nitrogens with one attached hydrogen (secondary N) is 4. The van der Waals surface area contributed by atoms with Crippen molar-refractivity contribution in [2.75, 3.05) is 63.4 Å². The fourth-order valence-corrected chi connectivity index (χ4v) is 6.65. The van der Waals surface area contributed by atoms with Gasteiger partial charge in [0.1, 0.15) is 12.4 Å². The maximum absolute atomic E-state index is 13.3. The fourth-order valence-electron chi connectivity index (χ4n) is 6.15. The number of aromatic amines is 1. The summed E-state index contributed by atoms with van der Waals surface area (Å²) in [5, 5.41) is 13.2. The summed E-state index contributed by atoms with van der Waals surface area (Å²) < 4.78 is 24.9. The molecule has 0 aliphatic rings. The molecular formula is C43H41BrN8O7. The van der Waals surface area contributed by atoms with Crippen molar-refractivity contribution >= 4 is 67.0 Å². The van der Waals surface area contributed by atoms with Crippen molar-refractivity contribution < 1.29 is 33.3 Å². The minimum absolute atomic E-state index is 0.180. The molecule has 0 spiro atoms. The van der Waals surface area contributed by atoms with E-state index in [1.807, 2.05) is 67.8 Å². The Morgan fingerprint density at radius 2 is 1.44 bits per heavy atom. The van der Waals surface area contributed by atoms with E-state index in [1.165, 1.54) is 0 Å². The predicted molar refractivity (Wildman–Crippen MR) is 228 cm³/mol. The molecule has 0 unspecified atom stereocenters. The molecule has 3 amide bonds. The number of ether oxygens (including phenoxy) is 4. The van der Waals surface area contributed by atoms with Crippen LogP contribution in [0.5, 0.6) is 5.75 Å². The van der Waals surface area contributed by atoms with E-state index in [2.05, 4.69) is 51.9 Å². The zero-order chi connectivity index (χ0) is 41.0. The Bertz CT molecular complexity index is 2560. The van der Waals surface area contributed by atoms with Crippen molar-refractivity contribution in [3.63, 3.8) is 0 Å². The number of carbonyl (C=O) groups is 3. The lowest BCUT2D eigenvalue weighted by Crippen LogP contribution is -2.34. The molecule has 4 N–H and O–H groups in total. The molecule has 4 aromatic carbocycles. The highest BCUT2D eigenvalue weighted by Gasteiger charge is 2.25. The third kappa shape index (κ3) is 10.7. The second-order valence-electron chi connectivity index (χ2n) is 13.1. The van der Waals surface area contributed by atoms with Crippen molar-refractivity contribution in [3.8, 4) is 28.3 Å². The highest BCUT2D eigenvalue weighted by Crippen LogP contribution is 2.31. The number of Topliss-reactive ketones (excluding diaryl/α,β-unsaturated/α-hetero) is 1. The van der Waals surface area contributed by atoms with Crippen LogP contribution in [-0.2, 0) is 26.1 Å². The molecule has 15 nitrogen and oxygen atoms in total. The Balaban J connectivity index is 0.739. The lowest BCUT2D eigenvalue weighted by atomic mass is 10.0. The predicted octanol–water partition coefficient (Wildman–Crippen LogP) is 7.01. The van der Waals surface area contributed by atoms with Crippen molar-refractivity contribution in [2.24, 2.45) is 7.05 Å². The first-order chi connectivity index (χ1) is 28.8. The molecule has 16 heteroatoms. The fraction of sp³-hybridized carbons (Fsp3) is 0.209. The van der Waals surface area contributed by atoms with Gasteiger partial charge < -0.3 is 39.9 Å². The number of ketones is 1. The van der Waals surface area contributed by atoms with E-state index < -0.39 is 17.7 Å². The van der Waals surface area contributed by atoms with Gasteiger partial charge in [0.25, 0.3) is 11.7 Å². The molecule has 7 aromatic rings. The van der Waals surface area contributed by atoms with Gasteiger partial charge in [-0.3, -0.25) is 19.3 Å². The Labute approximate surface area is 347 Å². The Morgan fingerprint density at radius 3 is 2.19 bits per heavy atom. The molecule has 0 aliphatic heterocycles. The quantitative estimate of drug-likeness (QED) is 0.0375. The molecule has 0 saturated heterocycles. The second-order valence-corrected chi connectivity index (χ2v) is 14.0. The molecule has 302 valence electrons. The van der Waals surface area contributed by atoms with Crippen LogP contribution in [0.4, 0.5) is 16.2 Å². The zero-order valence-electron chi connectivity index (χ0n) is 32.1. The van der Waals surface area contributed by atoms with Gasteiger partial charge in [0.15, 0.2) is 0 Å². The van der Waals surface area contributed by atoms with Crippen LogP contribution < -0.4 is 20.7 Å². The number of rotatable bonds is 19. The normalized spacial score (nSPS) is 11.2. The van der Waals surface area contributed by atoms with E-state index in [-0.39, 0.29) is 13.2 Å². The smallest absolute Gasteiger partial charge is 0.323 e. The van der Waals surface area contributed by atoms with Crippen LogP contribution in [0.3, 0.4) is 0 Å². The first kappa shape index (κ1) is 40.7. The minimum atomic E-state index is -0.694. The lowest BCUT2D eigenvalue weighted by molar-refractivity contribution is -0.117. The average molecular weight is 862 g/mol. The summed E-state index contributed by atoms with van der Waals surface area (Å²) in [4.78, 5) is 51.3. The SMILES string of the molecule is Cn1cc(-c2cnc3ccc(NC(=O)Nc4ccc(OCCOCCOCCOCCNC(=O)C(=O)c5c(-c6ccccc6)[nH]c6ccccc56)c(Br)c4)cc3n2)cn1. The summed E-state index contributed by atoms with van der Waals surface area (Å²) in [7, 11) is 1.84. The molecular weight excluding hydrogens is 820 g/mol. The number of halogens is 1. The topological polar surface area (TPSA) is 184 Å². The lowest BCUT2D eigenvalue weighted by Gasteiger charge is -2.12.